The van der Waals surface area contributed by atoms with Crippen molar-refractivity contribution in [2.75, 3.05) is 19.7 Å². The average Bonchev–Trinajstić information content (AvgIpc) is 2.23. The quantitative estimate of drug-likeness (QED) is 0.792. The van der Waals surface area contributed by atoms with Gasteiger partial charge in [-0.1, -0.05) is 18.2 Å². The van der Waals surface area contributed by atoms with Gasteiger partial charge in [-0.05, 0) is 49.4 Å². The Kier molecular flexibility index (Phi) is 2.37. The zero-order valence-electron chi connectivity index (χ0n) is 8.91. The molecule has 1 aromatic carbocycles. The van der Waals surface area contributed by atoms with Gasteiger partial charge in [0.05, 0.1) is 6.61 Å². The molecule has 0 saturated carbocycles. The molecule has 0 aromatic heterocycles. The summed E-state index contributed by atoms with van der Waals surface area (Å²) < 4.78 is 5.79. The van der Waals surface area contributed by atoms with E-state index in [0.29, 0.717) is 0 Å². The molecule has 1 fully saturated rings. The van der Waals surface area contributed by atoms with Gasteiger partial charge >= 0.3 is 0 Å². The number of ether oxygens (including phenoxy) is 1. The summed E-state index contributed by atoms with van der Waals surface area (Å²) in [6, 6.07) is 8.43. The van der Waals surface area contributed by atoms with E-state index in [9.17, 15) is 0 Å². The van der Waals surface area contributed by atoms with Gasteiger partial charge in [0.2, 0.25) is 0 Å². The van der Waals surface area contributed by atoms with Crippen molar-refractivity contribution in [2.45, 2.75) is 12.8 Å². The summed E-state index contributed by atoms with van der Waals surface area (Å²) in [7, 11) is 0. The van der Waals surface area contributed by atoms with Crippen LogP contribution in [0.25, 0.3) is 0 Å². The van der Waals surface area contributed by atoms with E-state index in [-0.39, 0.29) is 0 Å². The van der Waals surface area contributed by atoms with Crippen LogP contribution in [-0.4, -0.2) is 19.7 Å². The van der Waals surface area contributed by atoms with Gasteiger partial charge in [0.1, 0.15) is 5.75 Å². The molecule has 3 rings (SSSR count). The van der Waals surface area contributed by atoms with Crippen molar-refractivity contribution in [3.8, 4) is 5.75 Å². The molecule has 0 amide bonds. The number of hydrogen-bond acceptors (Lipinski definition) is 2. The molecule has 1 atom stereocenters. The largest absolute Gasteiger partial charge is 0.493 e. The second kappa shape index (κ2) is 3.86. The second-order valence-corrected chi connectivity index (χ2v) is 4.75. The maximum Gasteiger partial charge on any atom is 0.122 e. The lowest BCUT2D eigenvalue weighted by Gasteiger charge is -2.33. The minimum absolute atomic E-state index is 0.729. The van der Waals surface area contributed by atoms with Crippen molar-refractivity contribution < 1.29 is 4.74 Å². The standard InChI is InChI=1S/C13H17NO/c1-2-4-13-12(3-1)6-10(9-15-13)5-11-7-14-8-11/h1-4,10-11,14H,5-9H2. The molecule has 0 aliphatic carbocycles. The van der Waals surface area contributed by atoms with Gasteiger partial charge in [-0.15, -0.1) is 0 Å². The summed E-state index contributed by atoms with van der Waals surface area (Å²) in [4.78, 5) is 0. The van der Waals surface area contributed by atoms with Gasteiger partial charge in [-0.3, -0.25) is 0 Å². The van der Waals surface area contributed by atoms with Crippen molar-refractivity contribution in [3.05, 3.63) is 29.8 Å². The first-order chi connectivity index (χ1) is 7.42. The molecule has 0 radical (unpaired) electrons. The van der Waals surface area contributed by atoms with Crippen molar-refractivity contribution in [1.82, 2.24) is 5.32 Å². The van der Waals surface area contributed by atoms with Crippen LogP contribution in [0.4, 0.5) is 0 Å². The Hall–Kier alpha value is -1.02. The minimum atomic E-state index is 0.729. The molecule has 2 heterocycles. The van der Waals surface area contributed by atoms with Gasteiger partial charge < -0.3 is 10.1 Å². The molecular formula is C13H17NO. The normalized spacial score (nSPS) is 25.2. The third-order valence-electron chi connectivity index (χ3n) is 3.49. The molecule has 80 valence electrons. The van der Waals surface area contributed by atoms with Crippen LogP contribution in [0.3, 0.4) is 0 Å². The molecule has 15 heavy (non-hydrogen) atoms. The third kappa shape index (κ3) is 1.86. The van der Waals surface area contributed by atoms with Crippen molar-refractivity contribution >= 4 is 0 Å². The highest BCUT2D eigenvalue weighted by Crippen LogP contribution is 2.30. The summed E-state index contributed by atoms with van der Waals surface area (Å²) >= 11 is 0. The summed E-state index contributed by atoms with van der Waals surface area (Å²) in [5, 5.41) is 3.33. The summed E-state index contributed by atoms with van der Waals surface area (Å²) in [5.74, 6) is 2.72. The Balaban J connectivity index is 1.66. The zero-order valence-corrected chi connectivity index (χ0v) is 8.91. The molecule has 1 aromatic rings. The van der Waals surface area contributed by atoms with E-state index in [0.717, 1.165) is 24.2 Å². The maximum atomic E-state index is 5.79. The number of hydrogen-bond donors (Lipinski definition) is 1. The monoisotopic (exact) mass is 203 g/mol. The first-order valence-corrected chi connectivity index (χ1v) is 5.83. The Morgan fingerprint density at radius 2 is 2.07 bits per heavy atom. The Labute approximate surface area is 90.6 Å². The highest BCUT2D eigenvalue weighted by Gasteiger charge is 2.25. The molecule has 1 N–H and O–H groups in total. The summed E-state index contributed by atoms with van der Waals surface area (Å²) in [6.45, 7) is 3.32. The van der Waals surface area contributed by atoms with Crippen molar-refractivity contribution in [3.63, 3.8) is 0 Å². The zero-order chi connectivity index (χ0) is 10.1. The number of fused-ring (bicyclic) bond motifs is 1. The van der Waals surface area contributed by atoms with E-state index in [1.54, 1.807) is 0 Å². The molecule has 1 saturated heterocycles. The van der Waals surface area contributed by atoms with E-state index in [1.807, 2.05) is 0 Å². The van der Waals surface area contributed by atoms with Gasteiger partial charge in [0.15, 0.2) is 0 Å². The van der Waals surface area contributed by atoms with Crippen LogP contribution >= 0.6 is 0 Å². The number of rotatable bonds is 2. The maximum absolute atomic E-state index is 5.79. The minimum Gasteiger partial charge on any atom is -0.493 e. The Morgan fingerprint density at radius 3 is 2.87 bits per heavy atom. The first kappa shape index (κ1) is 9.22. The van der Waals surface area contributed by atoms with E-state index in [2.05, 4.69) is 29.6 Å². The third-order valence-corrected chi connectivity index (χ3v) is 3.49. The van der Waals surface area contributed by atoms with Crippen LogP contribution in [-0.2, 0) is 6.42 Å². The van der Waals surface area contributed by atoms with Gasteiger partial charge in [-0.2, -0.15) is 0 Å². The van der Waals surface area contributed by atoms with Crippen LogP contribution in [0.15, 0.2) is 24.3 Å². The van der Waals surface area contributed by atoms with Gasteiger partial charge in [-0.25, -0.2) is 0 Å². The fraction of sp³-hybridized carbons (Fsp3) is 0.538. The predicted octanol–water partition coefficient (Wildman–Crippen LogP) is 1.85. The highest BCUT2D eigenvalue weighted by atomic mass is 16.5. The van der Waals surface area contributed by atoms with Gasteiger partial charge in [0, 0.05) is 0 Å². The van der Waals surface area contributed by atoms with E-state index in [4.69, 9.17) is 4.74 Å². The van der Waals surface area contributed by atoms with Crippen LogP contribution < -0.4 is 10.1 Å². The highest BCUT2D eigenvalue weighted by molar-refractivity contribution is 5.35. The molecule has 0 bridgehead atoms. The van der Waals surface area contributed by atoms with E-state index >= 15 is 0 Å². The fourth-order valence-corrected chi connectivity index (χ4v) is 2.53. The molecule has 2 aliphatic heterocycles. The first-order valence-electron chi connectivity index (χ1n) is 5.83. The predicted molar refractivity (Wildman–Crippen MR) is 60.1 cm³/mol. The molecular weight excluding hydrogens is 186 g/mol. The molecule has 2 heteroatoms. The van der Waals surface area contributed by atoms with Crippen molar-refractivity contribution in [1.29, 1.82) is 0 Å². The van der Waals surface area contributed by atoms with E-state index < -0.39 is 0 Å². The van der Waals surface area contributed by atoms with Gasteiger partial charge in [0.25, 0.3) is 0 Å². The molecule has 2 nitrogen and oxygen atoms in total. The molecule has 1 unspecified atom stereocenters. The fourth-order valence-electron chi connectivity index (χ4n) is 2.53. The lowest BCUT2D eigenvalue weighted by Crippen LogP contribution is -2.43. The van der Waals surface area contributed by atoms with Crippen LogP contribution in [0.2, 0.25) is 0 Å². The molecule has 0 spiro atoms. The average molecular weight is 203 g/mol. The topological polar surface area (TPSA) is 21.3 Å². The number of nitrogens with one attached hydrogen (secondary N) is 1. The van der Waals surface area contributed by atoms with E-state index in [1.165, 1.54) is 31.5 Å². The lowest BCUT2D eigenvalue weighted by molar-refractivity contribution is 0.176. The van der Waals surface area contributed by atoms with Crippen LogP contribution in [0.5, 0.6) is 5.75 Å². The lowest BCUT2D eigenvalue weighted by atomic mass is 9.86. The van der Waals surface area contributed by atoms with Crippen molar-refractivity contribution in [2.24, 2.45) is 11.8 Å². The summed E-state index contributed by atoms with van der Waals surface area (Å²) in [6.07, 6.45) is 2.52. The van der Waals surface area contributed by atoms with Crippen LogP contribution in [0.1, 0.15) is 12.0 Å². The van der Waals surface area contributed by atoms with Crippen LogP contribution in [0, 0.1) is 11.8 Å². The SMILES string of the molecule is c1ccc2c(c1)CC(CC1CNC1)CO2. The Bertz CT molecular complexity index is 346. The smallest absolute Gasteiger partial charge is 0.122 e. The number of benzene rings is 1. The second-order valence-electron chi connectivity index (χ2n) is 4.75. The summed E-state index contributed by atoms with van der Waals surface area (Å²) in [5.41, 5.74) is 1.39. The number of para-hydroxylation sites is 1. The Morgan fingerprint density at radius 1 is 1.20 bits per heavy atom. The molecule has 2 aliphatic rings.